The van der Waals surface area contributed by atoms with Gasteiger partial charge in [0.05, 0.1) is 17.2 Å². The Labute approximate surface area is 113 Å². The first-order chi connectivity index (χ1) is 8.81. The summed E-state index contributed by atoms with van der Waals surface area (Å²) < 4.78 is 5.63. The maximum absolute atomic E-state index is 10.9. The highest BCUT2D eigenvalue weighted by atomic mass is 35.5. The maximum atomic E-state index is 10.9. The second-order valence-corrected chi connectivity index (χ2v) is 4.93. The maximum Gasteiger partial charge on any atom is 0.153 e. The third-order valence-corrected chi connectivity index (χ3v) is 3.49. The molecular formula is C14H18ClNO2. The minimum absolute atomic E-state index is 0.501. The summed E-state index contributed by atoms with van der Waals surface area (Å²) in [6.45, 7) is 4.05. The Hall–Kier alpha value is -1.06. The molecule has 1 aliphatic heterocycles. The standard InChI is InChI=1S/C14H18ClNO2/c15-13-6-3-5-12(11-17)14(13)18-10-4-9-16-7-1-2-8-16/h3,5-6,11H,1-2,4,7-10H2. The second-order valence-electron chi connectivity index (χ2n) is 4.53. The molecule has 0 radical (unpaired) electrons. The van der Waals surface area contributed by atoms with Gasteiger partial charge in [0.1, 0.15) is 5.75 Å². The Morgan fingerprint density at radius 2 is 2.11 bits per heavy atom. The predicted molar refractivity (Wildman–Crippen MR) is 72.6 cm³/mol. The number of halogens is 1. The van der Waals surface area contributed by atoms with Gasteiger partial charge in [0, 0.05) is 6.54 Å². The smallest absolute Gasteiger partial charge is 0.153 e. The van der Waals surface area contributed by atoms with Crippen LogP contribution in [0.1, 0.15) is 29.6 Å². The topological polar surface area (TPSA) is 29.5 Å². The van der Waals surface area contributed by atoms with Crippen LogP contribution in [0.2, 0.25) is 5.02 Å². The molecule has 0 spiro atoms. The lowest BCUT2D eigenvalue weighted by molar-refractivity contribution is 0.111. The molecule has 0 aromatic heterocycles. The van der Waals surface area contributed by atoms with E-state index in [4.69, 9.17) is 16.3 Å². The largest absolute Gasteiger partial charge is 0.491 e. The fourth-order valence-corrected chi connectivity index (χ4v) is 2.48. The van der Waals surface area contributed by atoms with Crippen LogP contribution in [-0.2, 0) is 0 Å². The van der Waals surface area contributed by atoms with Gasteiger partial charge in [-0.2, -0.15) is 0 Å². The fraction of sp³-hybridized carbons (Fsp3) is 0.500. The highest BCUT2D eigenvalue weighted by molar-refractivity contribution is 6.32. The lowest BCUT2D eigenvalue weighted by Gasteiger charge is -2.15. The van der Waals surface area contributed by atoms with Gasteiger partial charge in [-0.25, -0.2) is 0 Å². The van der Waals surface area contributed by atoms with Crippen LogP contribution in [-0.4, -0.2) is 37.4 Å². The molecule has 1 aromatic rings. The van der Waals surface area contributed by atoms with Crippen molar-refractivity contribution in [3.63, 3.8) is 0 Å². The average Bonchev–Trinajstić information content (AvgIpc) is 2.89. The fourth-order valence-electron chi connectivity index (χ4n) is 2.24. The van der Waals surface area contributed by atoms with E-state index in [1.807, 2.05) is 0 Å². The van der Waals surface area contributed by atoms with Gasteiger partial charge in [-0.05, 0) is 44.5 Å². The molecule has 98 valence electrons. The molecule has 1 aliphatic rings. The van der Waals surface area contributed by atoms with Crippen molar-refractivity contribution in [2.24, 2.45) is 0 Å². The van der Waals surface area contributed by atoms with E-state index in [1.165, 1.54) is 25.9 Å². The van der Waals surface area contributed by atoms with E-state index in [-0.39, 0.29) is 0 Å². The Morgan fingerprint density at radius 1 is 1.33 bits per heavy atom. The summed E-state index contributed by atoms with van der Waals surface area (Å²) in [7, 11) is 0. The van der Waals surface area contributed by atoms with E-state index in [2.05, 4.69) is 4.90 Å². The van der Waals surface area contributed by atoms with Gasteiger partial charge in [0.2, 0.25) is 0 Å². The zero-order valence-corrected chi connectivity index (χ0v) is 11.2. The highest BCUT2D eigenvalue weighted by Crippen LogP contribution is 2.27. The monoisotopic (exact) mass is 267 g/mol. The third-order valence-electron chi connectivity index (χ3n) is 3.19. The van der Waals surface area contributed by atoms with Crippen LogP contribution in [0, 0.1) is 0 Å². The number of ether oxygens (including phenoxy) is 1. The Kier molecular flexibility index (Phi) is 5.02. The number of hydrogen-bond acceptors (Lipinski definition) is 3. The summed E-state index contributed by atoms with van der Waals surface area (Å²) in [4.78, 5) is 13.3. The summed E-state index contributed by atoms with van der Waals surface area (Å²) in [5.41, 5.74) is 0.517. The molecule has 1 heterocycles. The number of hydrogen-bond donors (Lipinski definition) is 0. The van der Waals surface area contributed by atoms with Gasteiger partial charge in [-0.15, -0.1) is 0 Å². The van der Waals surface area contributed by atoms with Crippen LogP contribution in [0.25, 0.3) is 0 Å². The van der Waals surface area contributed by atoms with Crippen molar-refractivity contribution in [2.45, 2.75) is 19.3 Å². The number of likely N-dealkylation sites (tertiary alicyclic amines) is 1. The molecule has 4 heteroatoms. The summed E-state index contributed by atoms with van der Waals surface area (Å²) in [5.74, 6) is 0.510. The molecule has 0 aliphatic carbocycles. The van der Waals surface area contributed by atoms with Crippen LogP contribution in [0.5, 0.6) is 5.75 Å². The number of carbonyl (C=O) groups excluding carboxylic acids is 1. The van der Waals surface area contributed by atoms with Crippen LogP contribution < -0.4 is 4.74 Å². The van der Waals surface area contributed by atoms with Crippen LogP contribution in [0.15, 0.2) is 18.2 Å². The van der Waals surface area contributed by atoms with Crippen LogP contribution in [0.3, 0.4) is 0 Å². The van der Waals surface area contributed by atoms with Gasteiger partial charge in [-0.3, -0.25) is 4.79 Å². The highest BCUT2D eigenvalue weighted by Gasteiger charge is 2.11. The van der Waals surface area contributed by atoms with E-state index < -0.39 is 0 Å². The Morgan fingerprint density at radius 3 is 2.83 bits per heavy atom. The molecule has 1 saturated heterocycles. The summed E-state index contributed by atoms with van der Waals surface area (Å²) in [5, 5.41) is 0.501. The zero-order valence-electron chi connectivity index (χ0n) is 10.4. The van der Waals surface area contributed by atoms with Crippen molar-refractivity contribution >= 4 is 17.9 Å². The van der Waals surface area contributed by atoms with Crippen molar-refractivity contribution in [1.82, 2.24) is 4.90 Å². The van der Waals surface area contributed by atoms with Crippen molar-refractivity contribution in [2.75, 3.05) is 26.2 Å². The lowest BCUT2D eigenvalue weighted by Crippen LogP contribution is -2.22. The van der Waals surface area contributed by atoms with Crippen LogP contribution >= 0.6 is 11.6 Å². The number of para-hydroxylation sites is 1. The number of carbonyl (C=O) groups is 1. The molecule has 1 fully saturated rings. The third kappa shape index (κ3) is 3.47. The van der Waals surface area contributed by atoms with Crippen LogP contribution in [0.4, 0.5) is 0 Å². The van der Waals surface area contributed by atoms with Crippen molar-refractivity contribution in [3.05, 3.63) is 28.8 Å². The molecule has 0 amide bonds. The molecule has 0 atom stereocenters. The SMILES string of the molecule is O=Cc1cccc(Cl)c1OCCCN1CCCC1. The first-order valence-electron chi connectivity index (χ1n) is 6.40. The van der Waals surface area contributed by atoms with Gasteiger partial charge in [0.25, 0.3) is 0 Å². The van der Waals surface area contributed by atoms with Gasteiger partial charge >= 0.3 is 0 Å². The van der Waals surface area contributed by atoms with Crippen molar-refractivity contribution in [3.8, 4) is 5.75 Å². The normalized spacial score (nSPS) is 15.8. The van der Waals surface area contributed by atoms with Gasteiger partial charge < -0.3 is 9.64 Å². The van der Waals surface area contributed by atoms with E-state index in [0.717, 1.165) is 19.3 Å². The molecule has 0 N–H and O–H groups in total. The number of aldehydes is 1. The molecule has 3 nitrogen and oxygen atoms in total. The quantitative estimate of drug-likeness (QED) is 0.586. The van der Waals surface area contributed by atoms with E-state index in [1.54, 1.807) is 18.2 Å². The van der Waals surface area contributed by atoms with Gasteiger partial charge in [-0.1, -0.05) is 17.7 Å². The summed E-state index contributed by atoms with van der Waals surface area (Å²) >= 11 is 6.02. The summed E-state index contributed by atoms with van der Waals surface area (Å²) in [6, 6.07) is 5.21. The first-order valence-corrected chi connectivity index (χ1v) is 6.78. The van der Waals surface area contributed by atoms with E-state index >= 15 is 0 Å². The zero-order chi connectivity index (χ0) is 12.8. The molecule has 18 heavy (non-hydrogen) atoms. The summed E-state index contributed by atoms with van der Waals surface area (Å²) in [6.07, 6.45) is 4.35. The van der Waals surface area contributed by atoms with Crippen molar-refractivity contribution in [1.29, 1.82) is 0 Å². The average molecular weight is 268 g/mol. The lowest BCUT2D eigenvalue weighted by atomic mass is 10.2. The second kappa shape index (κ2) is 6.76. The van der Waals surface area contributed by atoms with E-state index in [9.17, 15) is 4.79 Å². The van der Waals surface area contributed by atoms with Crippen molar-refractivity contribution < 1.29 is 9.53 Å². The van der Waals surface area contributed by atoms with Gasteiger partial charge in [0.15, 0.2) is 6.29 Å². The molecule has 0 saturated carbocycles. The first kappa shape index (κ1) is 13.4. The number of benzene rings is 1. The molecular weight excluding hydrogens is 250 g/mol. The van der Waals surface area contributed by atoms with E-state index in [0.29, 0.717) is 22.9 Å². The molecule has 1 aromatic carbocycles. The minimum atomic E-state index is 0.501. The Balaban J connectivity index is 1.80. The molecule has 0 bridgehead atoms. The molecule has 0 unspecified atom stereocenters. The number of rotatable bonds is 6. The minimum Gasteiger partial charge on any atom is -0.491 e. The Bertz CT molecular complexity index is 403. The number of nitrogens with zero attached hydrogens (tertiary/aromatic N) is 1. The predicted octanol–water partition coefficient (Wildman–Crippen LogP) is 3.02. The molecule has 2 rings (SSSR count).